The molecule has 0 unspecified atom stereocenters. The van der Waals surface area contributed by atoms with E-state index in [-0.39, 0.29) is 0 Å². The van der Waals surface area contributed by atoms with E-state index in [1.807, 2.05) is 24.3 Å². The fourth-order valence-corrected chi connectivity index (χ4v) is 1.57. The van der Waals surface area contributed by atoms with Gasteiger partial charge in [-0.1, -0.05) is 5.16 Å². The van der Waals surface area contributed by atoms with Crippen molar-refractivity contribution >= 4 is 16.7 Å². The molecule has 0 amide bonds. The van der Waals surface area contributed by atoms with Crippen molar-refractivity contribution in [2.24, 2.45) is 0 Å². The van der Waals surface area contributed by atoms with E-state index in [4.69, 9.17) is 14.7 Å². The van der Waals surface area contributed by atoms with Crippen LogP contribution in [0.3, 0.4) is 0 Å². The lowest BCUT2D eigenvalue weighted by molar-refractivity contribution is 0.432. The Bertz CT molecular complexity index is 610. The van der Waals surface area contributed by atoms with Crippen molar-refractivity contribution in [2.45, 2.75) is 0 Å². The Balaban J connectivity index is 2.23. The Hall–Kier alpha value is -2.23. The first kappa shape index (κ1) is 8.11. The monoisotopic (exact) mass is 200 g/mol. The van der Waals surface area contributed by atoms with Gasteiger partial charge >= 0.3 is 0 Å². The summed E-state index contributed by atoms with van der Waals surface area (Å²) in [5.74, 6) is 0.595. The van der Waals surface area contributed by atoms with Crippen molar-refractivity contribution in [3.05, 3.63) is 36.7 Å². The molecule has 0 aliphatic carbocycles. The first-order chi connectivity index (χ1) is 7.34. The van der Waals surface area contributed by atoms with Crippen molar-refractivity contribution in [3.8, 4) is 11.3 Å². The molecule has 2 aromatic heterocycles. The van der Waals surface area contributed by atoms with Crippen molar-refractivity contribution in [1.29, 1.82) is 0 Å². The SMILES string of the molecule is Nc1cnoc1-c1ccc2occc2c1. The number of furan rings is 1. The molecular weight excluding hydrogens is 192 g/mol. The van der Waals surface area contributed by atoms with Crippen LogP contribution in [0.5, 0.6) is 0 Å². The summed E-state index contributed by atoms with van der Waals surface area (Å²) in [6.07, 6.45) is 3.15. The van der Waals surface area contributed by atoms with E-state index in [1.165, 1.54) is 6.20 Å². The number of rotatable bonds is 1. The van der Waals surface area contributed by atoms with Gasteiger partial charge in [-0.3, -0.25) is 0 Å². The predicted molar refractivity (Wildman–Crippen MR) is 56.1 cm³/mol. The number of aromatic nitrogens is 1. The van der Waals surface area contributed by atoms with Gasteiger partial charge in [-0.15, -0.1) is 0 Å². The molecule has 0 aliphatic rings. The number of nitrogen functional groups attached to an aromatic ring is 1. The van der Waals surface area contributed by atoms with Gasteiger partial charge in [0.25, 0.3) is 0 Å². The average molecular weight is 200 g/mol. The molecule has 0 saturated carbocycles. The second kappa shape index (κ2) is 2.88. The molecular formula is C11H8N2O2. The van der Waals surface area contributed by atoms with Crippen molar-refractivity contribution in [2.75, 3.05) is 5.73 Å². The molecule has 0 spiro atoms. The van der Waals surface area contributed by atoms with Crippen LogP contribution in [0.15, 0.2) is 45.7 Å². The molecule has 0 fully saturated rings. The Kier molecular flexibility index (Phi) is 1.56. The summed E-state index contributed by atoms with van der Waals surface area (Å²) in [5.41, 5.74) is 8.00. The van der Waals surface area contributed by atoms with Crippen LogP contribution in [-0.2, 0) is 0 Å². The summed E-state index contributed by atoms with van der Waals surface area (Å²) >= 11 is 0. The van der Waals surface area contributed by atoms with Gasteiger partial charge in [-0.05, 0) is 24.3 Å². The summed E-state index contributed by atoms with van der Waals surface area (Å²) < 4.78 is 10.3. The first-order valence-corrected chi connectivity index (χ1v) is 4.52. The van der Waals surface area contributed by atoms with Crippen LogP contribution < -0.4 is 5.73 Å². The molecule has 3 rings (SSSR count). The van der Waals surface area contributed by atoms with Gasteiger partial charge in [0.2, 0.25) is 0 Å². The average Bonchev–Trinajstić information content (AvgIpc) is 2.84. The van der Waals surface area contributed by atoms with E-state index in [0.717, 1.165) is 16.5 Å². The summed E-state index contributed by atoms with van der Waals surface area (Å²) in [7, 11) is 0. The predicted octanol–water partition coefficient (Wildman–Crippen LogP) is 2.67. The molecule has 3 aromatic rings. The molecule has 0 aliphatic heterocycles. The van der Waals surface area contributed by atoms with Crippen LogP contribution in [0, 0.1) is 0 Å². The largest absolute Gasteiger partial charge is 0.464 e. The van der Waals surface area contributed by atoms with Gasteiger partial charge < -0.3 is 14.7 Å². The lowest BCUT2D eigenvalue weighted by Gasteiger charge is -1.96. The molecule has 4 nitrogen and oxygen atoms in total. The molecule has 0 atom stereocenters. The second-order valence-corrected chi connectivity index (χ2v) is 3.28. The molecule has 4 heteroatoms. The number of nitrogens with two attached hydrogens (primary N) is 1. The van der Waals surface area contributed by atoms with E-state index in [2.05, 4.69) is 5.16 Å². The highest BCUT2D eigenvalue weighted by atomic mass is 16.5. The van der Waals surface area contributed by atoms with Gasteiger partial charge in [0.1, 0.15) is 11.3 Å². The Labute approximate surface area is 85.3 Å². The maximum absolute atomic E-state index is 5.71. The van der Waals surface area contributed by atoms with E-state index in [1.54, 1.807) is 6.26 Å². The van der Waals surface area contributed by atoms with Crippen LogP contribution in [0.4, 0.5) is 5.69 Å². The van der Waals surface area contributed by atoms with Crippen LogP contribution in [0.2, 0.25) is 0 Å². The molecule has 15 heavy (non-hydrogen) atoms. The summed E-state index contributed by atoms with van der Waals surface area (Å²) in [5, 5.41) is 4.66. The maximum Gasteiger partial charge on any atom is 0.189 e. The van der Waals surface area contributed by atoms with Gasteiger partial charge in [0.15, 0.2) is 5.76 Å². The fourth-order valence-electron chi connectivity index (χ4n) is 1.57. The van der Waals surface area contributed by atoms with Crippen molar-refractivity contribution in [1.82, 2.24) is 5.16 Å². The Morgan fingerprint density at radius 3 is 2.93 bits per heavy atom. The number of hydrogen-bond donors (Lipinski definition) is 1. The molecule has 2 N–H and O–H groups in total. The number of hydrogen-bond acceptors (Lipinski definition) is 4. The molecule has 1 aromatic carbocycles. The number of fused-ring (bicyclic) bond motifs is 1. The normalized spacial score (nSPS) is 10.9. The fraction of sp³-hybridized carbons (Fsp3) is 0. The molecule has 0 saturated heterocycles. The highest BCUT2D eigenvalue weighted by molar-refractivity contribution is 5.84. The zero-order valence-electron chi connectivity index (χ0n) is 7.81. The van der Waals surface area contributed by atoms with Gasteiger partial charge in [0, 0.05) is 10.9 Å². The molecule has 2 heterocycles. The number of benzene rings is 1. The lowest BCUT2D eigenvalue weighted by atomic mass is 10.1. The van der Waals surface area contributed by atoms with Gasteiger partial charge in [-0.2, -0.15) is 0 Å². The summed E-state index contributed by atoms with van der Waals surface area (Å²) in [4.78, 5) is 0. The summed E-state index contributed by atoms with van der Waals surface area (Å²) in [6, 6.07) is 7.62. The first-order valence-electron chi connectivity index (χ1n) is 4.52. The Morgan fingerprint density at radius 2 is 2.13 bits per heavy atom. The topological polar surface area (TPSA) is 65.2 Å². The highest BCUT2D eigenvalue weighted by Crippen LogP contribution is 2.28. The van der Waals surface area contributed by atoms with Gasteiger partial charge in [-0.25, -0.2) is 0 Å². The maximum atomic E-state index is 5.71. The van der Waals surface area contributed by atoms with Crippen molar-refractivity contribution in [3.63, 3.8) is 0 Å². The van der Waals surface area contributed by atoms with E-state index in [9.17, 15) is 0 Å². The third-order valence-electron chi connectivity index (χ3n) is 2.31. The minimum atomic E-state index is 0.540. The zero-order valence-corrected chi connectivity index (χ0v) is 7.81. The number of anilines is 1. The molecule has 0 radical (unpaired) electrons. The van der Waals surface area contributed by atoms with Gasteiger partial charge in [0.05, 0.1) is 12.5 Å². The van der Waals surface area contributed by atoms with Crippen LogP contribution in [-0.4, -0.2) is 5.16 Å². The molecule has 74 valence electrons. The second-order valence-electron chi connectivity index (χ2n) is 3.28. The van der Waals surface area contributed by atoms with Crippen LogP contribution in [0.25, 0.3) is 22.3 Å². The standard InChI is InChI=1S/C11H8N2O2/c12-9-6-13-15-11(9)8-1-2-10-7(5-8)3-4-14-10/h1-6H,12H2. The van der Waals surface area contributed by atoms with E-state index < -0.39 is 0 Å². The lowest BCUT2D eigenvalue weighted by Crippen LogP contribution is -1.84. The smallest absolute Gasteiger partial charge is 0.189 e. The minimum absolute atomic E-state index is 0.540. The van der Waals surface area contributed by atoms with Crippen molar-refractivity contribution < 1.29 is 8.94 Å². The quantitative estimate of drug-likeness (QED) is 0.655. The minimum Gasteiger partial charge on any atom is -0.464 e. The molecule has 0 bridgehead atoms. The highest BCUT2D eigenvalue weighted by Gasteiger charge is 2.08. The van der Waals surface area contributed by atoms with Crippen LogP contribution >= 0.6 is 0 Å². The Morgan fingerprint density at radius 1 is 1.20 bits per heavy atom. The van der Waals surface area contributed by atoms with E-state index in [0.29, 0.717) is 11.4 Å². The van der Waals surface area contributed by atoms with Crippen LogP contribution in [0.1, 0.15) is 0 Å². The van der Waals surface area contributed by atoms with E-state index >= 15 is 0 Å². The third-order valence-corrected chi connectivity index (χ3v) is 2.31. The number of nitrogens with zero attached hydrogens (tertiary/aromatic N) is 1. The third kappa shape index (κ3) is 1.19. The summed E-state index contributed by atoms with van der Waals surface area (Å²) in [6.45, 7) is 0. The zero-order chi connectivity index (χ0) is 10.3.